The monoisotopic (exact) mass is 350 g/mol. The molecule has 2 aromatic carbocycles. The fourth-order valence-corrected chi connectivity index (χ4v) is 3.54. The highest BCUT2D eigenvalue weighted by Gasteiger charge is 2.58. The van der Waals surface area contributed by atoms with Gasteiger partial charge in [-0.2, -0.15) is 0 Å². The summed E-state index contributed by atoms with van der Waals surface area (Å²) in [5.41, 5.74) is 0.991. The Morgan fingerprint density at radius 2 is 1.65 bits per heavy atom. The lowest BCUT2D eigenvalue weighted by atomic mass is 9.74. The highest BCUT2D eigenvalue weighted by atomic mass is 16.3. The number of aliphatic hydroxyl groups excluding tert-OH is 1. The summed E-state index contributed by atoms with van der Waals surface area (Å²) in [6.07, 6.45) is -0.0144. The van der Waals surface area contributed by atoms with E-state index in [-0.39, 0.29) is 31.1 Å². The van der Waals surface area contributed by atoms with Crippen molar-refractivity contribution in [3.8, 4) is 0 Å². The fourth-order valence-electron chi connectivity index (χ4n) is 3.54. The van der Waals surface area contributed by atoms with Crippen molar-refractivity contribution in [3.63, 3.8) is 0 Å². The van der Waals surface area contributed by atoms with E-state index < -0.39 is 17.7 Å². The second-order valence-corrected chi connectivity index (χ2v) is 6.86. The summed E-state index contributed by atoms with van der Waals surface area (Å²) in [4.78, 5) is 38.2. The maximum atomic E-state index is 12.5. The van der Waals surface area contributed by atoms with Crippen LogP contribution in [0.5, 0.6) is 0 Å². The molecule has 0 unspecified atom stereocenters. The number of rotatable bonds is 4. The lowest BCUT2D eigenvalue weighted by Gasteiger charge is -2.39. The standard InChI is InChI=1S/C20H18N2O4/c23-16-10-20(11-16)18(25)22(19(26)21-20)12-13-6-8-15(9-7-13)17(24)14-4-2-1-3-5-14/h1-9,16,23H,10-12H2,(H,21,26). The molecule has 1 heterocycles. The third-order valence-electron chi connectivity index (χ3n) is 5.01. The van der Waals surface area contributed by atoms with Gasteiger partial charge in [0.05, 0.1) is 12.6 Å². The Morgan fingerprint density at radius 1 is 1.04 bits per heavy atom. The summed E-state index contributed by atoms with van der Waals surface area (Å²) >= 11 is 0. The molecular weight excluding hydrogens is 332 g/mol. The van der Waals surface area contributed by atoms with Gasteiger partial charge >= 0.3 is 6.03 Å². The highest BCUT2D eigenvalue weighted by Crippen LogP contribution is 2.38. The van der Waals surface area contributed by atoms with Crippen LogP contribution in [0, 0.1) is 0 Å². The van der Waals surface area contributed by atoms with Gasteiger partial charge in [0.25, 0.3) is 5.91 Å². The summed E-state index contributed by atoms with van der Waals surface area (Å²) in [6.45, 7) is 0.141. The van der Waals surface area contributed by atoms with Gasteiger partial charge in [-0.05, 0) is 5.56 Å². The summed E-state index contributed by atoms with van der Waals surface area (Å²) < 4.78 is 0. The lowest BCUT2D eigenvalue weighted by molar-refractivity contribution is -0.139. The number of hydrogen-bond donors (Lipinski definition) is 2. The Labute approximate surface area is 150 Å². The Morgan fingerprint density at radius 3 is 2.27 bits per heavy atom. The number of ketones is 1. The predicted octanol–water partition coefficient (Wildman–Crippen LogP) is 1.86. The van der Waals surface area contributed by atoms with Gasteiger partial charge in [0, 0.05) is 24.0 Å². The summed E-state index contributed by atoms with van der Waals surface area (Å²) in [6, 6.07) is 15.5. The maximum Gasteiger partial charge on any atom is 0.325 e. The average Bonchev–Trinajstić information content (AvgIpc) is 2.87. The molecule has 3 amide bonds. The minimum Gasteiger partial charge on any atom is -0.393 e. The quantitative estimate of drug-likeness (QED) is 0.651. The second-order valence-electron chi connectivity index (χ2n) is 6.86. The van der Waals surface area contributed by atoms with Crippen molar-refractivity contribution < 1.29 is 19.5 Å². The van der Waals surface area contributed by atoms with E-state index in [2.05, 4.69) is 5.32 Å². The molecule has 1 aliphatic carbocycles. The van der Waals surface area contributed by atoms with Crippen molar-refractivity contribution in [3.05, 3.63) is 71.3 Å². The van der Waals surface area contributed by atoms with Gasteiger partial charge in [-0.1, -0.05) is 54.6 Å². The number of imide groups is 1. The molecule has 6 heteroatoms. The Kier molecular flexibility index (Phi) is 3.85. The number of hydrogen-bond acceptors (Lipinski definition) is 4. The van der Waals surface area contributed by atoms with E-state index in [9.17, 15) is 19.5 Å². The molecule has 132 valence electrons. The zero-order valence-electron chi connectivity index (χ0n) is 14.0. The van der Waals surface area contributed by atoms with Crippen molar-refractivity contribution in [1.82, 2.24) is 10.2 Å². The molecule has 26 heavy (non-hydrogen) atoms. The molecule has 1 saturated heterocycles. The zero-order chi connectivity index (χ0) is 18.3. The van der Waals surface area contributed by atoms with Crippen LogP contribution in [0.25, 0.3) is 0 Å². The summed E-state index contributed by atoms with van der Waals surface area (Å²) in [5.74, 6) is -0.369. The van der Waals surface area contributed by atoms with Gasteiger partial charge in [0.1, 0.15) is 5.54 Å². The van der Waals surface area contributed by atoms with Gasteiger partial charge in [-0.25, -0.2) is 4.79 Å². The largest absolute Gasteiger partial charge is 0.393 e. The molecule has 0 aromatic heterocycles. The van der Waals surface area contributed by atoms with Crippen molar-refractivity contribution >= 4 is 17.7 Å². The Hall–Kier alpha value is -2.99. The molecule has 2 N–H and O–H groups in total. The molecule has 6 nitrogen and oxygen atoms in total. The third-order valence-corrected chi connectivity index (χ3v) is 5.01. The first kappa shape index (κ1) is 16.5. The molecule has 4 rings (SSSR count). The molecule has 1 saturated carbocycles. The van der Waals surface area contributed by atoms with E-state index in [1.807, 2.05) is 18.2 Å². The van der Waals surface area contributed by atoms with Crippen molar-refractivity contribution in [2.24, 2.45) is 0 Å². The molecule has 2 aliphatic rings. The molecule has 1 aliphatic heterocycles. The van der Waals surface area contributed by atoms with E-state index in [1.165, 1.54) is 4.90 Å². The average molecular weight is 350 g/mol. The molecule has 2 fully saturated rings. The first-order valence-electron chi connectivity index (χ1n) is 8.49. The number of amides is 3. The fraction of sp³-hybridized carbons (Fsp3) is 0.250. The summed E-state index contributed by atoms with van der Waals surface area (Å²) in [5, 5.41) is 12.2. The zero-order valence-corrected chi connectivity index (χ0v) is 14.0. The van der Waals surface area contributed by atoms with Gasteiger partial charge < -0.3 is 10.4 Å². The van der Waals surface area contributed by atoms with Crippen LogP contribution in [0.1, 0.15) is 34.3 Å². The van der Waals surface area contributed by atoms with Crippen molar-refractivity contribution in [2.75, 3.05) is 0 Å². The van der Waals surface area contributed by atoms with Crippen LogP contribution >= 0.6 is 0 Å². The molecule has 2 aromatic rings. The SMILES string of the molecule is O=C(c1ccccc1)c1ccc(CN2C(=O)NC3(CC(O)C3)C2=O)cc1. The van der Waals surface area contributed by atoms with E-state index >= 15 is 0 Å². The Bertz CT molecular complexity index is 870. The Balaban J connectivity index is 1.47. The van der Waals surface area contributed by atoms with Crippen LogP contribution in [0.4, 0.5) is 4.79 Å². The minimum atomic E-state index is -0.931. The van der Waals surface area contributed by atoms with Crippen LogP contribution < -0.4 is 5.32 Å². The number of nitrogens with zero attached hydrogens (tertiary/aromatic N) is 1. The second kappa shape index (κ2) is 6.07. The number of carbonyl (C=O) groups is 3. The third kappa shape index (κ3) is 2.68. The van der Waals surface area contributed by atoms with Gasteiger partial charge in [-0.15, -0.1) is 0 Å². The van der Waals surface area contributed by atoms with Crippen molar-refractivity contribution in [1.29, 1.82) is 0 Å². The van der Waals surface area contributed by atoms with Crippen LogP contribution in [-0.4, -0.2) is 39.4 Å². The number of carbonyl (C=O) groups excluding carboxylic acids is 3. The summed E-state index contributed by atoms with van der Waals surface area (Å²) in [7, 11) is 0. The lowest BCUT2D eigenvalue weighted by Crippen LogP contribution is -2.59. The van der Waals surface area contributed by atoms with E-state index in [0.717, 1.165) is 5.56 Å². The van der Waals surface area contributed by atoms with Crippen LogP contribution in [0.15, 0.2) is 54.6 Å². The topological polar surface area (TPSA) is 86.7 Å². The normalized spacial score (nSPS) is 24.5. The molecule has 0 radical (unpaired) electrons. The van der Waals surface area contributed by atoms with Crippen LogP contribution in [0.3, 0.4) is 0 Å². The van der Waals surface area contributed by atoms with Gasteiger partial charge in [0.2, 0.25) is 0 Å². The van der Waals surface area contributed by atoms with Crippen LogP contribution in [-0.2, 0) is 11.3 Å². The molecule has 1 spiro atoms. The number of urea groups is 1. The van der Waals surface area contributed by atoms with E-state index in [4.69, 9.17) is 0 Å². The van der Waals surface area contributed by atoms with Gasteiger partial charge in [0.15, 0.2) is 5.78 Å². The number of benzene rings is 2. The molecule has 0 bridgehead atoms. The molecular formula is C20H18N2O4. The maximum absolute atomic E-state index is 12.5. The minimum absolute atomic E-state index is 0.0745. The van der Waals surface area contributed by atoms with Gasteiger partial charge in [-0.3, -0.25) is 14.5 Å². The smallest absolute Gasteiger partial charge is 0.325 e. The molecule has 0 atom stereocenters. The predicted molar refractivity (Wildman–Crippen MR) is 93.4 cm³/mol. The van der Waals surface area contributed by atoms with Crippen LogP contribution in [0.2, 0.25) is 0 Å². The first-order valence-corrected chi connectivity index (χ1v) is 8.49. The highest BCUT2D eigenvalue weighted by molar-refractivity contribution is 6.09. The van der Waals surface area contributed by atoms with E-state index in [0.29, 0.717) is 11.1 Å². The number of nitrogens with one attached hydrogen (secondary N) is 1. The first-order chi connectivity index (χ1) is 12.5. The number of aliphatic hydroxyl groups is 1. The van der Waals surface area contributed by atoms with Crippen molar-refractivity contribution in [2.45, 2.75) is 31.0 Å². The van der Waals surface area contributed by atoms with E-state index in [1.54, 1.807) is 36.4 Å².